The van der Waals surface area contributed by atoms with Crippen molar-refractivity contribution < 1.29 is 29.4 Å². The number of benzene rings is 1. The van der Waals surface area contributed by atoms with Gasteiger partial charge in [-0.3, -0.25) is 19.2 Å². The summed E-state index contributed by atoms with van der Waals surface area (Å²) in [7, 11) is 0. The molecule has 0 aliphatic rings. The Hall–Kier alpha value is -2.79. The van der Waals surface area contributed by atoms with E-state index in [1.54, 1.807) is 12.1 Å². The molecule has 1 rings (SSSR count). The highest BCUT2D eigenvalue weighted by molar-refractivity contribution is 7.80. The number of hydrogen-bond donors (Lipinski definition) is 7. The topological polar surface area (TPSA) is 171 Å². The molecule has 0 saturated heterocycles. The Morgan fingerprint density at radius 2 is 1.52 bits per heavy atom. The lowest BCUT2D eigenvalue weighted by Crippen LogP contribution is -2.56. The molecule has 0 aliphatic heterocycles. The van der Waals surface area contributed by atoms with E-state index in [1.165, 1.54) is 26.0 Å². The maximum Gasteiger partial charge on any atom is 0.325 e. The zero-order valence-electron chi connectivity index (χ0n) is 16.1. The molecule has 0 fully saturated rings. The summed E-state index contributed by atoms with van der Waals surface area (Å²) in [5, 5.41) is 25.2. The third kappa shape index (κ3) is 8.00. The lowest BCUT2D eigenvalue weighted by molar-refractivity contribution is -0.141. The molecule has 0 heterocycles. The van der Waals surface area contributed by atoms with Gasteiger partial charge in [-0.15, -0.1) is 0 Å². The van der Waals surface area contributed by atoms with Crippen molar-refractivity contribution in [2.75, 3.05) is 5.75 Å². The van der Waals surface area contributed by atoms with Gasteiger partial charge in [0, 0.05) is 5.75 Å². The summed E-state index contributed by atoms with van der Waals surface area (Å²) in [6.07, 6.45) is 0.193. The summed E-state index contributed by atoms with van der Waals surface area (Å²) >= 11 is 4.04. The van der Waals surface area contributed by atoms with Gasteiger partial charge in [0.1, 0.15) is 23.9 Å². The maximum atomic E-state index is 12.3. The SMILES string of the molecule is C[C@H](NC(=O)[C@H](C)NC(=O)[C@H](CS)NC(=O)[C@@H](N)Cc1ccc(O)cc1)C(=O)O. The minimum absolute atomic E-state index is 0.0383. The number of thiol groups is 1. The number of aliphatic carboxylic acids is 1. The minimum atomic E-state index is -1.21. The average Bonchev–Trinajstić information content (AvgIpc) is 2.67. The normalized spacial score (nSPS) is 14.8. The molecule has 160 valence electrons. The van der Waals surface area contributed by atoms with Crippen LogP contribution in [0, 0.1) is 0 Å². The third-order valence-electron chi connectivity index (χ3n) is 4.03. The van der Waals surface area contributed by atoms with Gasteiger partial charge in [-0.1, -0.05) is 12.1 Å². The van der Waals surface area contributed by atoms with E-state index in [0.717, 1.165) is 5.56 Å². The van der Waals surface area contributed by atoms with Crippen molar-refractivity contribution in [3.05, 3.63) is 29.8 Å². The van der Waals surface area contributed by atoms with Crippen LogP contribution in [0.1, 0.15) is 19.4 Å². The number of carboxylic acids is 1. The van der Waals surface area contributed by atoms with Crippen LogP contribution in [0.2, 0.25) is 0 Å². The summed E-state index contributed by atoms with van der Waals surface area (Å²) in [6.45, 7) is 2.68. The largest absolute Gasteiger partial charge is 0.508 e. The van der Waals surface area contributed by atoms with Gasteiger partial charge < -0.3 is 31.9 Å². The number of carbonyl (C=O) groups excluding carboxylic acids is 3. The Labute approximate surface area is 173 Å². The van der Waals surface area contributed by atoms with Crippen LogP contribution in [0.25, 0.3) is 0 Å². The van der Waals surface area contributed by atoms with Crippen molar-refractivity contribution in [2.45, 2.75) is 44.4 Å². The molecule has 4 atom stereocenters. The maximum absolute atomic E-state index is 12.3. The monoisotopic (exact) mass is 426 g/mol. The Morgan fingerprint density at radius 1 is 0.966 bits per heavy atom. The second kappa shape index (κ2) is 11.3. The second-order valence-corrected chi connectivity index (χ2v) is 6.88. The summed E-state index contributed by atoms with van der Waals surface area (Å²) in [5.74, 6) is -3.07. The predicted octanol–water partition coefficient (Wildman–Crippen LogP) is -1.23. The van der Waals surface area contributed by atoms with E-state index in [-0.39, 0.29) is 17.9 Å². The molecule has 1 aromatic carbocycles. The van der Waals surface area contributed by atoms with E-state index in [9.17, 15) is 24.3 Å². The molecule has 3 amide bonds. The molecule has 10 nitrogen and oxygen atoms in total. The van der Waals surface area contributed by atoms with Crippen molar-refractivity contribution >= 4 is 36.3 Å². The van der Waals surface area contributed by atoms with E-state index >= 15 is 0 Å². The van der Waals surface area contributed by atoms with Crippen LogP contribution >= 0.6 is 12.6 Å². The minimum Gasteiger partial charge on any atom is -0.508 e. The number of amides is 3. The molecule has 29 heavy (non-hydrogen) atoms. The van der Waals surface area contributed by atoms with E-state index < -0.39 is 47.9 Å². The summed E-state index contributed by atoms with van der Waals surface area (Å²) in [6, 6.07) is 2.10. The molecule has 0 spiro atoms. The first-order valence-corrected chi connectivity index (χ1v) is 9.46. The van der Waals surface area contributed by atoms with Crippen LogP contribution in [-0.2, 0) is 25.6 Å². The van der Waals surface area contributed by atoms with Gasteiger partial charge in [0.2, 0.25) is 17.7 Å². The first-order valence-electron chi connectivity index (χ1n) is 8.83. The lowest BCUT2D eigenvalue weighted by atomic mass is 10.1. The van der Waals surface area contributed by atoms with Gasteiger partial charge >= 0.3 is 5.97 Å². The lowest BCUT2D eigenvalue weighted by Gasteiger charge is -2.22. The summed E-state index contributed by atoms with van der Waals surface area (Å²) in [5.41, 5.74) is 6.60. The summed E-state index contributed by atoms with van der Waals surface area (Å²) in [4.78, 5) is 47.3. The van der Waals surface area contributed by atoms with E-state index in [0.29, 0.717) is 0 Å². The van der Waals surface area contributed by atoms with Crippen LogP contribution in [0.4, 0.5) is 0 Å². The van der Waals surface area contributed by atoms with Crippen molar-refractivity contribution in [3.63, 3.8) is 0 Å². The number of phenolic OH excluding ortho intramolecular Hbond substituents is 1. The third-order valence-corrected chi connectivity index (χ3v) is 4.39. The van der Waals surface area contributed by atoms with E-state index in [2.05, 4.69) is 28.6 Å². The van der Waals surface area contributed by atoms with Crippen LogP contribution < -0.4 is 21.7 Å². The van der Waals surface area contributed by atoms with Crippen LogP contribution in [0.15, 0.2) is 24.3 Å². The fourth-order valence-electron chi connectivity index (χ4n) is 2.23. The number of nitrogens with two attached hydrogens (primary N) is 1. The smallest absolute Gasteiger partial charge is 0.325 e. The molecule has 0 bridgehead atoms. The molecular weight excluding hydrogens is 400 g/mol. The number of carboxylic acid groups (broad SMARTS) is 1. The highest BCUT2D eigenvalue weighted by atomic mass is 32.1. The van der Waals surface area contributed by atoms with Crippen molar-refractivity contribution in [1.82, 2.24) is 16.0 Å². The number of carbonyl (C=O) groups is 4. The molecule has 0 radical (unpaired) electrons. The average molecular weight is 426 g/mol. The van der Waals surface area contributed by atoms with Gasteiger partial charge in [-0.2, -0.15) is 12.6 Å². The quantitative estimate of drug-likeness (QED) is 0.230. The second-order valence-electron chi connectivity index (χ2n) is 6.52. The number of rotatable bonds is 10. The van der Waals surface area contributed by atoms with Gasteiger partial charge in [-0.25, -0.2) is 0 Å². The zero-order valence-corrected chi connectivity index (χ0v) is 17.0. The zero-order chi connectivity index (χ0) is 22.1. The molecule has 0 aromatic heterocycles. The van der Waals surface area contributed by atoms with Crippen molar-refractivity contribution in [2.24, 2.45) is 5.73 Å². The number of hydrogen-bond acceptors (Lipinski definition) is 7. The highest BCUT2D eigenvalue weighted by Crippen LogP contribution is 2.11. The Morgan fingerprint density at radius 3 is 2.03 bits per heavy atom. The molecule has 0 saturated carbocycles. The van der Waals surface area contributed by atoms with E-state index in [1.807, 2.05) is 0 Å². The first kappa shape index (κ1) is 24.2. The van der Waals surface area contributed by atoms with Crippen molar-refractivity contribution in [1.29, 1.82) is 0 Å². The number of nitrogens with one attached hydrogen (secondary N) is 3. The van der Waals surface area contributed by atoms with E-state index in [4.69, 9.17) is 10.8 Å². The standard InChI is InChI=1S/C18H26N4O6S/c1-9(15(24)21-10(2)18(27)28)20-17(26)14(8-29)22-16(25)13(19)7-11-3-5-12(23)6-4-11/h3-6,9-10,13-14,23,29H,7-8,19H2,1-2H3,(H,20,26)(H,21,24)(H,22,25)(H,27,28)/t9-,10-,13-,14-/m0/s1. The number of aromatic hydroxyl groups is 1. The highest BCUT2D eigenvalue weighted by Gasteiger charge is 2.26. The summed E-state index contributed by atoms with van der Waals surface area (Å²) < 4.78 is 0. The molecule has 1 aromatic rings. The van der Waals surface area contributed by atoms with Gasteiger partial charge in [0.05, 0.1) is 6.04 Å². The Balaban J connectivity index is 2.60. The number of phenols is 1. The fourth-order valence-corrected chi connectivity index (χ4v) is 2.49. The molecule has 0 aliphatic carbocycles. The molecule has 7 N–H and O–H groups in total. The molecule has 11 heteroatoms. The van der Waals surface area contributed by atoms with Crippen LogP contribution in [0.3, 0.4) is 0 Å². The molecule has 0 unspecified atom stereocenters. The van der Waals surface area contributed by atoms with Gasteiger partial charge in [0.25, 0.3) is 0 Å². The Kier molecular flexibility index (Phi) is 9.42. The predicted molar refractivity (Wildman–Crippen MR) is 108 cm³/mol. The molecular formula is C18H26N4O6S. The fraction of sp³-hybridized carbons (Fsp3) is 0.444. The Bertz CT molecular complexity index is 742. The van der Waals surface area contributed by atoms with Crippen LogP contribution in [-0.4, -0.2) is 63.8 Å². The van der Waals surface area contributed by atoms with Crippen LogP contribution in [0.5, 0.6) is 5.75 Å². The van der Waals surface area contributed by atoms with Gasteiger partial charge in [-0.05, 0) is 38.0 Å². The first-order chi connectivity index (χ1) is 13.5. The van der Waals surface area contributed by atoms with Gasteiger partial charge in [0.15, 0.2) is 0 Å². The van der Waals surface area contributed by atoms with Crippen molar-refractivity contribution in [3.8, 4) is 5.75 Å².